The third-order valence-electron chi connectivity index (χ3n) is 1.24. The highest BCUT2D eigenvalue weighted by Crippen LogP contribution is 2.45. The molecule has 0 aliphatic heterocycles. The summed E-state index contributed by atoms with van der Waals surface area (Å²) in [7, 11) is 0. The molecule has 0 aromatic heterocycles. The van der Waals surface area contributed by atoms with Gasteiger partial charge < -0.3 is 7.66 Å². The van der Waals surface area contributed by atoms with Crippen molar-refractivity contribution in [3.63, 3.8) is 0 Å². The zero-order chi connectivity index (χ0) is 10.0. The van der Waals surface area contributed by atoms with Crippen LogP contribution in [0.1, 0.15) is 0 Å². The predicted octanol–water partition coefficient (Wildman–Crippen LogP) is 5.35. The van der Waals surface area contributed by atoms with Crippen LogP contribution in [0.2, 0.25) is 0 Å². The first-order valence-electron chi connectivity index (χ1n) is 2.86. The molecule has 1 rings (SSSR count). The third-order valence-corrected chi connectivity index (χ3v) is 4.61. The lowest BCUT2D eigenvalue weighted by Gasteiger charge is -2.08. The fourth-order valence-corrected chi connectivity index (χ4v) is 3.44. The van der Waals surface area contributed by atoms with Gasteiger partial charge in [0.2, 0.25) is 0 Å². The first kappa shape index (κ1) is 12.3. The van der Waals surface area contributed by atoms with Crippen LogP contribution in [0, 0.1) is 0 Å². The summed E-state index contributed by atoms with van der Waals surface area (Å²) >= 11 is 15.8. The average molecular weight is 505 g/mol. The van der Waals surface area contributed by atoms with E-state index in [1.54, 1.807) is 6.07 Å². The second kappa shape index (κ2) is 5.34. The van der Waals surface area contributed by atoms with E-state index in [2.05, 4.69) is 80.3 Å². The molecule has 13 heavy (non-hydrogen) atoms. The van der Waals surface area contributed by atoms with Gasteiger partial charge in [-0.1, -0.05) is 0 Å². The summed E-state index contributed by atoms with van der Waals surface area (Å²) in [6, 6.07) is 1.79. The number of halogens is 5. The highest BCUT2D eigenvalue weighted by Gasteiger charge is 2.15. The molecular weight excluding hydrogens is 504 g/mol. The number of hydrogen-bond donors (Lipinski definition) is 0. The van der Waals surface area contributed by atoms with Crippen molar-refractivity contribution < 1.29 is 7.66 Å². The lowest BCUT2D eigenvalue weighted by Crippen LogP contribution is -1.85. The first-order valence-corrected chi connectivity index (χ1v) is 6.54. The van der Waals surface area contributed by atoms with E-state index in [-0.39, 0.29) is 0 Å². The number of benzene rings is 1. The van der Waals surface area contributed by atoms with E-state index in [9.17, 15) is 0 Å². The highest BCUT2D eigenvalue weighted by molar-refractivity contribution is 9.13. The van der Waals surface area contributed by atoms with E-state index in [0.717, 1.165) is 8.95 Å². The Morgan fingerprint density at radius 2 is 1.54 bits per heavy atom. The van der Waals surface area contributed by atoms with E-state index in [1.165, 1.54) is 0 Å². The van der Waals surface area contributed by atoms with Gasteiger partial charge in [-0.05, 0) is 53.9 Å². The minimum Gasteiger partial charge on any atom is -0.417 e. The second-order valence-electron chi connectivity index (χ2n) is 1.97. The van der Waals surface area contributed by atoms with Crippen LogP contribution in [0.3, 0.4) is 0 Å². The molecule has 0 aliphatic rings. The molecule has 2 nitrogen and oxygen atoms in total. The Bertz CT molecular complexity index is 327. The van der Waals surface area contributed by atoms with Gasteiger partial charge in [-0.2, -0.15) is 0 Å². The Morgan fingerprint density at radius 1 is 0.923 bits per heavy atom. The third kappa shape index (κ3) is 2.62. The minimum absolute atomic E-state index is 0.601. The van der Waals surface area contributed by atoms with Crippen LogP contribution in [0.5, 0.6) is 11.5 Å². The largest absolute Gasteiger partial charge is 0.417 e. The van der Waals surface area contributed by atoms with Crippen LogP contribution in [0.4, 0.5) is 0 Å². The molecule has 0 amide bonds. The van der Waals surface area contributed by atoms with Crippen molar-refractivity contribution in [3.8, 4) is 11.5 Å². The molecule has 0 aliphatic carbocycles. The molecule has 1 aromatic carbocycles. The van der Waals surface area contributed by atoms with Gasteiger partial charge in [-0.3, -0.25) is 0 Å². The Hall–Kier alpha value is 1.22. The Balaban J connectivity index is 3.39. The maximum atomic E-state index is 4.99. The normalized spacial score (nSPS) is 9.92. The van der Waals surface area contributed by atoms with Crippen molar-refractivity contribution in [2.45, 2.75) is 0 Å². The molecule has 0 N–H and O–H groups in total. The molecule has 0 atom stereocenters. The van der Waals surface area contributed by atoms with Gasteiger partial charge in [0.15, 0.2) is 44.0 Å². The molecule has 0 heterocycles. The molecule has 0 saturated heterocycles. The summed E-state index contributed by atoms with van der Waals surface area (Å²) in [4.78, 5) is 0. The Morgan fingerprint density at radius 3 is 2.00 bits per heavy atom. The van der Waals surface area contributed by atoms with E-state index in [1.807, 2.05) is 0 Å². The smallest absolute Gasteiger partial charge is 0.179 e. The average Bonchev–Trinajstić information content (AvgIpc) is 2.12. The summed E-state index contributed by atoms with van der Waals surface area (Å²) in [5, 5.41) is 0. The minimum atomic E-state index is 0.601. The second-order valence-corrected chi connectivity index (χ2v) is 5.06. The fourth-order valence-electron chi connectivity index (χ4n) is 0.682. The van der Waals surface area contributed by atoms with Gasteiger partial charge in [0, 0.05) is 4.47 Å². The maximum absolute atomic E-state index is 4.99. The van der Waals surface area contributed by atoms with Crippen LogP contribution in [0.15, 0.2) is 19.5 Å². The van der Waals surface area contributed by atoms with Gasteiger partial charge in [0.05, 0.1) is 4.47 Å². The lowest BCUT2D eigenvalue weighted by atomic mass is 10.3. The quantitative estimate of drug-likeness (QED) is 0.506. The molecule has 0 spiro atoms. The number of rotatable bonds is 2. The molecule has 0 unspecified atom stereocenters. The van der Waals surface area contributed by atoms with Crippen LogP contribution in [-0.4, -0.2) is 0 Å². The summed E-state index contributed by atoms with van der Waals surface area (Å²) in [5.74, 6) is 1.22. The van der Waals surface area contributed by atoms with Gasteiger partial charge in [-0.25, -0.2) is 0 Å². The van der Waals surface area contributed by atoms with E-state index in [0.29, 0.717) is 16.0 Å². The standard InChI is InChI=1S/C6HBr5O2/c7-2-1-3(12-10)5(9)6(13-11)4(2)8/h1H. The topological polar surface area (TPSA) is 18.5 Å². The van der Waals surface area contributed by atoms with Gasteiger partial charge in [0.1, 0.15) is 4.47 Å². The SMILES string of the molecule is BrOc1cc(Br)c(Br)c(OBr)c1Br. The number of hydrogen-bond acceptors (Lipinski definition) is 2. The molecule has 1 aromatic rings. The monoisotopic (exact) mass is 500 g/mol. The van der Waals surface area contributed by atoms with Crippen LogP contribution in [0.25, 0.3) is 0 Å². The lowest BCUT2D eigenvalue weighted by molar-refractivity contribution is 0.635. The van der Waals surface area contributed by atoms with Crippen molar-refractivity contribution in [2.24, 2.45) is 0 Å². The predicted molar refractivity (Wildman–Crippen MR) is 68.7 cm³/mol. The van der Waals surface area contributed by atoms with E-state index in [4.69, 9.17) is 7.66 Å². The molecule has 0 bridgehead atoms. The van der Waals surface area contributed by atoms with Crippen LogP contribution >= 0.6 is 80.3 Å². The molecule has 0 fully saturated rings. The van der Waals surface area contributed by atoms with Gasteiger partial charge in [-0.15, -0.1) is 0 Å². The van der Waals surface area contributed by atoms with E-state index < -0.39 is 0 Å². The summed E-state index contributed by atoms with van der Waals surface area (Å²) in [6.07, 6.45) is 0. The van der Waals surface area contributed by atoms with E-state index >= 15 is 0 Å². The van der Waals surface area contributed by atoms with Crippen LogP contribution < -0.4 is 7.66 Å². The van der Waals surface area contributed by atoms with Crippen molar-refractivity contribution in [1.29, 1.82) is 0 Å². The summed E-state index contributed by atoms with van der Waals surface area (Å²) in [6.45, 7) is 0. The molecule has 0 radical (unpaired) electrons. The fraction of sp³-hybridized carbons (Fsp3) is 0. The summed E-state index contributed by atoms with van der Waals surface area (Å²) in [5.41, 5.74) is 0. The molecule has 7 heteroatoms. The Kier molecular flexibility index (Phi) is 5.05. The van der Waals surface area contributed by atoms with Crippen LogP contribution in [-0.2, 0) is 0 Å². The van der Waals surface area contributed by atoms with Crippen molar-refractivity contribution in [2.75, 3.05) is 0 Å². The molecular formula is C6HBr5O2. The first-order chi connectivity index (χ1) is 6.11. The van der Waals surface area contributed by atoms with Crippen molar-refractivity contribution in [1.82, 2.24) is 0 Å². The van der Waals surface area contributed by atoms with Gasteiger partial charge in [0.25, 0.3) is 0 Å². The summed E-state index contributed by atoms with van der Waals surface area (Å²) < 4.78 is 12.3. The highest BCUT2D eigenvalue weighted by atomic mass is 79.9. The van der Waals surface area contributed by atoms with Gasteiger partial charge >= 0.3 is 0 Å². The zero-order valence-corrected chi connectivity index (χ0v) is 13.7. The van der Waals surface area contributed by atoms with Crippen molar-refractivity contribution in [3.05, 3.63) is 19.5 Å². The Labute approximate surface area is 118 Å². The van der Waals surface area contributed by atoms with Crippen molar-refractivity contribution >= 4 is 80.3 Å². The molecule has 0 saturated carbocycles. The molecule has 72 valence electrons. The zero-order valence-electron chi connectivity index (χ0n) is 5.78. The maximum Gasteiger partial charge on any atom is 0.179 e.